The van der Waals surface area contributed by atoms with Gasteiger partial charge < -0.3 is 27.7 Å². The number of benzene rings is 1. The molecular formula is C26H38IN2O9P. The summed E-state index contributed by atoms with van der Waals surface area (Å²) in [5, 5.41) is 9.83. The van der Waals surface area contributed by atoms with Gasteiger partial charge in [0.05, 0.1) is 58.7 Å². The van der Waals surface area contributed by atoms with Crippen LogP contribution in [0, 0.1) is 11.3 Å². The molecule has 0 amide bonds. The van der Waals surface area contributed by atoms with Crippen molar-refractivity contribution in [2.75, 3.05) is 46.2 Å². The van der Waals surface area contributed by atoms with E-state index in [-0.39, 0.29) is 38.3 Å². The van der Waals surface area contributed by atoms with E-state index >= 15 is 0 Å². The lowest BCUT2D eigenvalue weighted by molar-refractivity contribution is -0.178. The summed E-state index contributed by atoms with van der Waals surface area (Å²) in [5.41, 5.74) is 0.973. The Labute approximate surface area is 245 Å². The standard InChI is InChI=1S/C26H38IN2O9P/c1-20(2)29(21(3)4)39(35-11-5-10-28)37-24(18-32-13-12-31-14-15-34-38-27)19-33-17-22-6-7-23-8-9-26(30)36-25(23)16-22/h6-9,16,20-21,24H,5,11-15,17-19H2,1-4H3. The Morgan fingerprint density at radius 2 is 1.67 bits per heavy atom. The number of hydrogen-bond acceptors (Lipinski definition) is 11. The zero-order valence-electron chi connectivity index (χ0n) is 22.9. The fourth-order valence-electron chi connectivity index (χ4n) is 3.59. The molecule has 2 atom stereocenters. The van der Waals surface area contributed by atoms with Crippen LogP contribution in [-0.4, -0.2) is 69.1 Å². The van der Waals surface area contributed by atoms with E-state index in [1.807, 2.05) is 12.1 Å². The number of hydrogen-bond donors (Lipinski definition) is 0. The molecule has 1 heterocycles. The van der Waals surface area contributed by atoms with E-state index in [0.717, 1.165) is 10.9 Å². The summed E-state index contributed by atoms with van der Waals surface area (Å²) in [7, 11) is -1.48. The summed E-state index contributed by atoms with van der Waals surface area (Å²) in [4.78, 5) is 16.3. The Morgan fingerprint density at radius 1 is 0.974 bits per heavy atom. The molecule has 1 aromatic heterocycles. The van der Waals surface area contributed by atoms with Crippen LogP contribution in [0.4, 0.5) is 0 Å². The van der Waals surface area contributed by atoms with Crippen molar-refractivity contribution in [3.63, 3.8) is 0 Å². The van der Waals surface area contributed by atoms with Gasteiger partial charge in [0.25, 0.3) is 8.53 Å². The van der Waals surface area contributed by atoms with Gasteiger partial charge >= 0.3 is 5.63 Å². The molecule has 2 aromatic rings. The maximum Gasteiger partial charge on any atom is 0.336 e. The Morgan fingerprint density at radius 3 is 2.38 bits per heavy atom. The van der Waals surface area contributed by atoms with Crippen molar-refractivity contribution in [2.24, 2.45) is 0 Å². The Kier molecular flexibility index (Phi) is 17.2. The first kappa shape index (κ1) is 34.0. The minimum atomic E-state index is -1.48. The first-order valence-electron chi connectivity index (χ1n) is 12.8. The monoisotopic (exact) mass is 680 g/mol. The highest BCUT2D eigenvalue weighted by Gasteiger charge is 2.30. The van der Waals surface area contributed by atoms with Gasteiger partial charge in [-0.2, -0.15) is 8.48 Å². The van der Waals surface area contributed by atoms with Crippen LogP contribution >= 0.6 is 31.5 Å². The second-order valence-electron chi connectivity index (χ2n) is 8.99. The van der Waals surface area contributed by atoms with E-state index in [2.05, 4.69) is 41.7 Å². The molecule has 0 aliphatic carbocycles. The zero-order chi connectivity index (χ0) is 28.5. The zero-order valence-corrected chi connectivity index (χ0v) is 25.9. The Bertz CT molecular complexity index is 1040. The second-order valence-corrected chi connectivity index (χ2v) is 10.8. The first-order chi connectivity index (χ1) is 18.8. The fourth-order valence-corrected chi connectivity index (χ4v) is 5.45. The van der Waals surface area contributed by atoms with Crippen molar-refractivity contribution in [3.05, 3.63) is 46.3 Å². The van der Waals surface area contributed by atoms with E-state index in [0.29, 0.717) is 38.6 Å². The maximum absolute atomic E-state index is 11.6. The van der Waals surface area contributed by atoms with Crippen molar-refractivity contribution in [1.82, 2.24) is 4.67 Å². The number of fused-ring (bicyclic) bond motifs is 1. The average Bonchev–Trinajstić information content (AvgIpc) is 2.89. The second kappa shape index (κ2) is 19.8. The molecule has 0 saturated carbocycles. The summed E-state index contributed by atoms with van der Waals surface area (Å²) in [6.45, 7) is 10.8. The topological polar surface area (TPSA) is 122 Å². The van der Waals surface area contributed by atoms with E-state index in [1.165, 1.54) is 6.07 Å². The van der Waals surface area contributed by atoms with Crippen LogP contribution < -0.4 is 5.63 Å². The minimum absolute atomic E-state index is 0.162. The van der Waals surface area contributed by atoms with Crippen LogP contribution in [0.5, 0.6) is 0 Å². The third kappa shape index (κ3) is 13.3. The highest BCUT2D eigenvalue weighted by Crippen LogP contribution is 2.47. The van der Waals surface area contributed by atoms with Crippen LogP contribution in [0.25, 0.3) is 11.0 Å². The fraction of sp³-hybridized carbons (Fsp3) is 0.615. The quantitative estimate of drug-likeness (QED) is 0.0427. The van der Waals surface area contributed by atoms with Gasteiger partial charge in [-0.15, -0.1) is 0 Å². The van der Waals surface area contributed by atoms with Crippen molar-refractivity contribution >= 4 is 42.5 Å². The van der Waals surface area contributed by atoms with Crippen LogP contribution in [0.3, 0.4) is 0 Å². The number of ether oxygens (including phenoxy) is 3. The van der Waals surface area contributed by atoms with Crippen molar-refractivity contribution < 1.29 is 35.8 Å². The Balaban J connectivity index is 2.03. The first-order valence-corrected chi connectivity index (χ1v) is 14.8. The molecule has 0 saturated heterocycles. The van der Waals surface area contributed by atoms with Crippen LogP contribution in [-0.2, 0) is 38.0 Å². The largest absolute Gasteiger partial charge is 0.423 e. The molecule has 2 rings (SSSR count). The molecule has 0 radical (unpaired) electrons. The lowest BCUT2D eigenvalue weighted by atomic mass is 10.1. The molecule has 0 spiro atoms. The lowest BCUT2D eigenvalue weighted by Gasteiger charge is -2.37. The maximum atomic E-state index is 11.6. The molecule has 0 bridgehead atoms. The van der Waals surface area contributed by atoms with Crippen molar-refractivity contribution in [3.8, 4) is 6.07 Å². The summed E-state index contributed by atoms with van der Waals surface area (Å²) in [6.07, 6.45) is -0.168. The summed E-state index contributed by atoms with van der Waals surface area (Å²) in [6, 6.07) is 11.2. The number of nitrogens with zero attached hydrogens (tertiary/aromatic N) is 2. The predicted octanol–water partition coefficient (Wildman–Crippen LogP) is 5.30. The molecular weight excluding hydrogens is 642 g/mol. The van der Waals surface area contributed by atoms with E-state index < -0.39 is 20.3 Å². The van der Waals surface area contributed by atoms with E-state index in [9.17, 15) is 4.79 Å². The summed E-state index contributed by atoms with van der Waals surface area (Å²) in [5.74, 6) is 0. The van der Waals surface area contributed by atoms with Crippen molar-refractivity contribution in [2.45, 2.75) is 58.9 Å². The van der Waals surface area contributed by atoms with Crippen LogP contribution in [0.2, 0.25) is 0 Å². The SMILES string of the molecule is CC(C)N(C(C)C)P(OCCC#N)OC(COCCOCCOOI)COCc1ccc2ccc(=O)oc2c1. The number of nitriles is 1. The normalized spacial score (nSPS) is 13.4. The molecule has 218 valence electrons. The molecule has 0 aliphatic rings. The van der Waals surface area contributed by atoms with Gasteiger partial charge in [0.2, 0.25) is 0 Å². The third-order valence-corrected chi connectivity index (χ3v) is 7.63. The number of halogens is 1. The molecule has 2 unspecified atom stereocenters. The summed E-state index contributed by atoms with van der Waals surface area (Å²) < 4.78 is 41.7. The van der Waals surface area contributed by atoms with E-state index in [4.69, 9.17) is 37.8 Å². The summed E-state index contributed by atoms with van der Waals surface area (Å²) >= 11 is 1.65. The minimum Gasteiger partial charge on any atom is -0.423 e. The molecule has 0 fully saturated rings. The lowest BCUT2D eigenvalue weighted by Crippen LogP contribution is -2.36. The highest BCUT2D eigenvalue weighted by atomic mass is 127. The molecule has 0 N–H and O–H groups in total. The smallest absolute Gasteiger partial charge is 0.336 e. The van der Waals surface area contributed by atoms with E-state index in [1.54, 1.807) is 35.1 Å². The molecule has 1 aromatic carbocycles. The van der Waals surface area contributed by atoms with Gasteiger partial charge in [-0.3, -0.25) is 0 Å². The van der Waals surface area contributed by atoms with Gasteiger partial charge in [0, 0.05) is 23.5 Å². The third-order valence-electron chi connectivity index (χ3n) is 5.19. The number of rotatable bonds is 21. The molecule has 13 heteroatoms. The Hall–Kier alpha value is -1.24. The van der Waals surface area contributed by atoms with Crippen LogP contribution in [0.15, 0.2) is 39.5 Å². The predicted molar refractivity (Wildman–Crippen MR) is 155 cm³/mol. The molecule has 0 aliphatic heterocycles. The highest BCUT2D eigenvalue weighted by molar-refractivity contribution is 14.1. The van der Waals surface area contributed by atoms with Gasteiger partial charge in [0.15, 0.2) is 23.0 Å². The van der Waals surface area contributed by atoms with Crippen molar-refractivity contribution in [1.29, 1.82) is 5.26 Å². The van der Waals surface area contributed by atoms with Gasteiger partial charge in [-0.05, 0) is 45.4 Å². The molecule has 39 heavy (non-hydrogen) atoms. The van der Waals surface area contributed by atoms with Gasteiger partial charge in [0.1, 0.15) is 18.3 Å². The molecule has 11 nitrogen and oxygen atoms in total. The van der Waals surface area contributed by atoms with Gasteiger partial charge in [-0.1, -0.05) is 12.1 Å². The average molecular weight is 680 g/mol. The van der Waals surface area contributed by atoms with Crippen LogP contribution in [0.1, 0.15) is 39.7 Å². The van der Waals surface area contributed by atoms with Gasteiger partial charge in [-0.25, -0.2) is 14.4 Å².